The minimum Gasteiger partial charge on any atom is -0.468 e. The van der Waals surface area contributed by atoms with E-state index in [0.29, 0.717) is 6.61 Å². The fraction of sp³-hybridized carbons (Fsp3) is 0.900. The minimum absolute atomic E-state index is 0.187. The summed E-state index contributed by atoms with van der Waals surface area (Å²) in [6, 6.07) is -0.197. The number of carbonyl (C=O) groups is 1. The normalized spacial score (nSPS) is 12.5. The van der Waals surface area contributed by atoms with Crippen molar-refractivity contribution in [2.45, 2.75) is 19.4 Å². The second kappa shape index (κ2) is 10.3. The Kier molecular flexibility index (Phi) is 10.1. The number of rotatable bonds is 9. The molecular weight excluding hydrogens is 214 g/mol. The van der Waals surface area contributed by atoms with Gasteiger partial charge >= 0.3 is 5.97 Å². The number of hydrogen-bond acceptors (Lipinski definition) is 5. The van der Waals surface area contributed by atoms with Crippen LogP contribution in [0.3, 0.4) is 0 Å². The highest BCUT2D eigenvalue weighted by atomic mass is 32.2. The van der Waals surface area contributed by atoms with Gasteiger partial charge in [-0.25, -0.2) is 0 Å². The molecule has 0 fully saturated rings. The smallest absolute Gasteiger partial charge is 0.323 e. The third-order valence-corrected chi connectivity index (χ3v) is 2.87. The summed E-state index contributed by atoms with van der Waals surface area (Å²) in [6.45, 7) is 3.62. The zero-order chi connectivity index (χ0) is 11.5. The average Bonchev–Trinajstić information content (AvgIpc) is 2.27. The monoisotopic (exact) mass is 235 g/mol. The molecule has 0 saturated carbocycles. The molecule has 0 aliphatic carbocycles. The highest BCUT2D eigenvalue weighted by Crippen LogP contribution is 2.04. The van der Waals surface area contributed by atoms with Crippen molar-refractivity contribution in [3.05, 3.63) is 0 Å². The molecule has 90 valence electrons. The van der Waals surface area contributed by atoms with Gasteiger partial charge < -0.3 is 14.8 Å². The van der Waals surface area contributed by atoms with Gasteiger partial charge in [0.2, 0.25) is 0 Å². The number of esters is 1. The second-order valence-electron chi connectivity index (χ2n) is 3.10. The maximum absolute atomic E-state index is 11.4. The van der Waals surface area contributed by atoms with Gasteiger partial charge in [0.25, 0.3) is 0 Å². The quantitative estimate of drug-likeness (QED) is 0.475. The molecule has 0 heterocycles. The Labute approximate surface area is 96.1 Å². The van der Waals surface area contributed by atoms with Crippen molar-refractivity contribution >= 4 is 17.7 Å². The molecule has 0 aromatic rings. The van der Waals surface area contributed by atoms with Gasteiger partial charge in [0.1, 0.15) is 6.04 Å². The Bertz CT molecular complexity index is 167. The Hall–Kier alpha value is -0.260. The number of carbonyl (C=O) groups excluding carboxylic acids is 1. The summed E-state index contributed by atoms with van der Waals surface area (Å²) in [5, 5.41) is 3.16. The van der Waals surface area contributed by atoms with E-state index in [-0.39, 0.29) is 12.0 Å². The van der Waals surface area contributed by atoms with Crippen LogP contribution in [0.15, 0.2) is 0 Å². The van der Waals surface area contributed by atoms with Gasteiger partial charge in [-0.1, -0.05) is 6.92 Å². The second-order valence-corrected chi connectivity index (χ2v) is 4.25. The molecule has 0 radical (unpaired) electrons. The van der Waals surface area contributed by atoms with Gasteiger partial charge in [-0.05, 0) is 13.0 Å². The molecule has 0 saturated heterocycles. The fourth-order valence-corrected chi connectivity index (χ4v) is 1.96. The summed E-state index contributed by atoms with van der Waals surface area (Å²) >= 11 is 1.69. The highest BCUT2D eigenvalue weighted by Gasteiger charge is 2.17. The molecule has 0 rings (SSSR count). The van der Waals surface area contributed by atoms with Crippen LogP contribution in [0, 0.1) is 0 Å². The topological polar surface area (TPSA) is 47.6 Å². The predicted octanol–water partition coefficient (Wildman–Crippen LogP) is 0.907. The van der Waals surface area contributed by atoms with Gasteiger partial charge in [-0.3, -0.25) is 4.79 Å². The lowest BCUT2D eigenvalue weighted by Crippen LogP contribution is -2.40. The molecule has 0 spiro atoms. The van der Waals surface area contributed by atoms with E-state index < -0.39 is 0 Å². The Morgan fingerprint density at radius 2 is 2.20 bits per heavy atom. The molecular formula is C10H21NO3S. The van der Waals surface area contributed by atoms with Gasteiger partial charge in [0.05, 0.1) is 13.7 Å². The maximum atomic E-state index is 11.4. The first-order valence-corrected chi connectivity index (χ1v) is 6.29. The van der Waals surface area contributed by atoms with Crippen LogP contribution in [-0.2, 0) is 14.3 Å². The first-order chi connectivity index (χ1) is 7.26. The van der Waals surface area contributed by atoms with E-state index in [1.807, 2.05) is 0 Å². The molecule has 4 nitrogen and oxygen atoms in total. The van der Waals surface area contributed by atoms with Crippen LogP contribution in [0.5, 0.6) is 0 Å². The molecule has 5 heteroatoms. The van der Waals surface area contributed by atoms with Crippen LogP contribution in [-0.4, -0.2) is 50.9 Å². The van der Waals surface area contributed by atoms with Gasteiger partial charge in [0.15, 0.2) is 0 Å². The molecule has 1 atom stereocenters. The van der Waals surface area contributed by atoms with Crippen LogP contribution in [0.1, 0.15) is 13.3 Å². The summed E-state index contributed by atoms with van der Waals surface area (Å²) in [6.07, 6.45) is 1.01. The van der Waals surface area contributed by atoms with Crippen LogP contribution in [0.4, 0.5) is 0 Å². The first kappa shape index (κ1) is 14.7. The number of hydrogen-bond donors (Lipinski definition) is 1. The molecule has 1 unspecified atom stereocenters. The summed E-state index contributed by atoms with van der Waals surface area (Å²) in [4.78, 5) is 11.4. The minimum atomic E-state index is -0.197. The summed E-state index contributed by atoms with van der Waals surface area (Å²) in [5.74, 6) is 1.45. The van der Waals surface area contributed by atoms with Crippen LogP contribution < -0.4 is 5.32 Å². The molecule has 1 N–H and O–H groups in total. The van der Waals surface area contributed by atoms with Crippen molar-refractivity contribution in [2.75, 3.05) is 38.9 Å². The van der Waals surface area contributed by atoms with Crippen molar-refractivity contribution in [1.82, 2.24) is 5.32 Å². The van der Waals surface area contributed by atoms with Crippen molar-refractivity contribution in [3.8, 4) is 0 Å². The summed E-state index contributed by atoms with van der Waals surface area (Å²) in [7, 11) is 3.09. The average molecular weight is 235 g/mol. The third-order valence-electron chi connectivity index (χ3n) is 1.84. The van der Waals surface area contributed by atoms with Crippen LogP contribution >= 0.6 is 11.8 Å². The molecule has 0 aliphatic rings. The number of thioether (sulfide) groups is 1. The van der Waals surface area contributed by atoms with E-state index in [9.17, 15) is 4.79 Å². The lowest BCUT2D eigenvalue weighted by atomic mass is 10.3. The van der Waals surface area contributed by atoms with E-state index >= 15 is 0 Å². The van der Waals surface area contributed by atoms with E-state index in [4.69, 9.17) is 9.47 Å². The van der Waals surface area contributed by atoms with Crippen LogP contribution in [0.25, 0.3) is 0 Å². The van der Waals surface area contributed by atoms with E-state index in [2.05, 4.69) is 12.2 Å². The number of nitrogens with one attached hydrogen (secondary N) is 1. The number of ether oxygens (including phenoxy) is 2. The molecule has 0 aromatic heterocycles. The summed E-state index contributed by atoms with van der Waals surface area (Å²) < 4.78 is 9.65. The largest absolute Gasteiger partial charge is 0.468 e. The molecule has 0 aliphatic heterocycles. The van der Waals surface area contributed by atoms with E-state index in [1.54, 1.807) is 18.9 Å². The lowest BCUT2D eigenvalue weighted by Gasteiger charge is -2.15. The van der Waals surface area contributed by atoms with E-state index in [0.717, 1.165) is 24.5 Å². The molecule has 0 amide bonds. The van der Waals surface area contributed by atoms with Gasteiger partial charge in [-0.2, -0.15) is 11.8 Å². The molecule has 0 aromatic carbocycles. The SMILES string of the molecule is CCCNC(CSCCOC)C(=O)OC. The number of methoxy groups -OCH3 is 2. The fourth-order valence-electron chi connectivity index (χ4n) is 1.01. The highest BCUT2D eigenvalue weighted by molar-refractivity contribution is 7.99. The zero-order valence-electron chi connectivity index (χ0n) is 9.75. The Morgan fingerprint density at radius 1 is 1.47 bits per heavy atom. The third kappa shape index (κ3) is 7.64. The maximum Gasteiger partial charge on any atom is 0.323 e. The standard InChI is InChI=1S/C10H21NO3S/c1-4-5-11-9(10(12)14-3)8-15-7-6-13-2/h9,11H,4-8H2,1-3H3. The van der Waals surface area contributed by atoms with Crippen LogP contribution in [0.2, 0.25) is 0 Å². The lowest BCUT2D eigenvalue weighted by molar-refractivity contribution is -0.142. The Morgan fingerprint density at radius 3 is 2.73 bits per heavy atom. The van der Waals surface area contributed by atoms with Crippen molar-refractivity contribution in [3.63, 3.8) is 0 Å². The Balaban J connectivity index is 3.74. The van der Waals surface area contributed by atoms with Crippen molar-refractivity contribution in [2.24, 2.45) is 0 Å². The van der Waals surface area contributed by atoms with Crippen molar-refractivity contribution in [1.29, 1.82) is 0 Å². The van der Waals surface area contributed by atoms with Gasteiger partial charge in [0, 0.05) is 18.6 Å². The molecule has 15 heavy (non-hydrogen) atoms. The zero-order valence-corrected chi connectivity index (χ0v) is 10.6. The van der Waals surface area contributed by atoms with Gasteiger partial charge in [-0.15, -0.1) is 0 Å². The van der Waals surface area contributed by atoms with E-state index in [1.165, 1.54) is 7.11 Å². The van der Waals surface area contributed by atoms with Crippen molar-refractivity contribution < 1.29 is 14.3 Å². The molecule has 0 bridgehead atoms. The summed E-state index contributed by atoms with van der Waals surface area (Å²) in [5.41, 5.74) is 0. The first-order valence-electron chi connectivity index (χ1n) is 5.14. The predicted molar refractivity (Wildman–Crippen MR) is 63.3 cm³/mol.